The lowest BCUT2D eigenvalue weighted by atomic mass is 10.3. The molecule has 0 bridgehead atoms. The molecule has 0 aromatic carbocycles. The van der Waals surface area contributed by atoms with Crippen LogP contribution in [0, 0.1) is 0 Å². The summed E-state index contributed by atoms with van der Waals surface area (Å²) >= 11 is 0. The molecule has 21 heavy (non-hydrogen) atoms. The Kier molecular flexibility index (Phi) is 4.06. The number of rotatable bonds is 4. The number of carbonyl (C=O) groups excluding carboxylic acids is 1. The Balaban J connectivity index is 2.75. The van der Waals surface area contributed by atoms with Crippen LogP contribution in [-0.2, 0) is 23.1 Å². The topological polar surface area (TPSA) is 92.4 Å². The van der Waals surface area contributed by atoms with E-state index in [4.69, 9.17) is 9.47 Å². The van der Waals surface area contributed by atoms with Gasteiger partial charge in [-0.3, -0.25) is 14.2 Å². The zero-order valence-corrected chi connectivity index (χ0v) is 12.0. The number of hydrogen-bond acceptors (Lipinski definition) is 6. The van der Waals surface area contributed by atoms with Crippen LogP contribution >= 0.6 is 0 Å². The van der Waals surface area contributed by atoms with Gasteiger partial charge in [-0.15, -0.1) is 0 Å². The van der Waals surface area contributed by atoms with Crippen molar-refractivity contribution in [2.75, 3.05) is 13.7 Å². The minimum absolute atomic E-state index is 0.145. The van der Waals surface area contributed by atoms with Crippen molar-refractivity contribution in [3.63, 3.8) is 0 Å². The lowest BCUT2D eigenvalue weighted by Crippen LogP contribution is -2.41. The van der Waals surface area contributed by atoms with Gasteiger partial charge in [0.15, 0.2) is 5.65 Å². The number of pyridine rings is 1. The second kappa shape index (κ2) is 5.78. The number of fused-ring (bicyclic) bond motifs is 1. The molecule has 0 unspecified atom stereocenters. The van der Waals surface area contributed by atoms with Gasteiger partial charge < -0.3 is 9.47 Å². The van der Waals surface area contributed by atoms with Gasteiger partial charge in [-0.2, -0.15) is 0 Å². The Morgan fingerprint density at radius 3 is 2.71 bits per heavy atom. The van der Waals surface area contributed by atoms with E-state index in [9.17, 15) is 14.4 Å². The number of nitrogens with zero attached hydrogens (tertiary/aromatic N) is 3. The number of aryl methyl sites for hydroxylation is 1. The van der Waals surface area contributed by atoms with Crippen LogP contribution in [0.3, 0.4) is 0 Å². The van der Waals surface area contributed by atoms with Crippen molar-refractivity contribution >= 4 is 17.0 Å². The van der Waals surface area contributed by atoms with Crippen LogP contribution in [0.1, 0.15) is 6.92 Å². The fraction of sp³-hybridized carbons (Fsp3) is 0.385. The zero-order chi connectivity index (χ0) is 15.6. The van der Waals surface area contributed by atoms with Gasteiger partial charge in [0.2, 0.25) is 0 Å². The summed E-state index contributed by atoms with van der Waals surface area (Å²) in [5, 5.41) is 0.145. The summed E-state index contributed by atoms with van der Waals surface area (Å²) in [5.74, 6) is -0.364. The Labute approximate surface area is 119 Å². The fourth-order valence-electron chi connectivity index (χ4n) is 2.03. The smallest absolute Gasteiger partial charge is 0.332 e. The first-order chi connectivity index (χ1) is 10.0. The third-order valence-electron chi connectivity index (χ3n) is 3.00. The van der Waals surface area contributed by atoms with Crippen LogP contribution in [0.2, 0.25) is 0 Å². The van der Waals surface area contributed by atoms with E-state index >= 15 is 0 Å². The van der Waals surface area contributed by atoms with Gasteiger partial charge in [-0.1, -0.05) is 0 Å². The standard InChI is InChI=1S/C13H15N3O5/c1-4-21-9(17)7-16-12(18)10-8(20-3)5-6-14-11(10)15(2)13(16)19/h5-6H,4,7H2,1-3H3. The van der Waals surface area contributed by atoms with E-state index in [0.717, 1.165) is 4.57 Å². The summed E-state index contributed by atoms with van der Waals surface area (Å²) in [6.07, 6.45) is 1.44. The first kappa shape index (κ1) is 14.8. The van der Waals surface area contributed by atoms with Crippen molar-refractivity contribution < 1.29 is 14.3 Å². The van der Waals surface area contributed by atoms with Gasteiger partial charge in [0.05, 0.1) is 13.7 Å². The monoisotopic (exact) mass is 293 g/mol. The minimum atomic E-state index is -0.654. The third-order valence-corrected chi connectivity index (χ3v) is 3.00. The number of carbonyl (C=O) groups is 1. The van der Waals surface area contributed by atoms with Crippen LogP contribution in [-0.4, -0.2) is 33.8 Å². The maximum absolute atomic E-state index is 12.4. The highest BCUT2D eigenvalue weighted by molar-refractivity contribution is 5.81. The molecule has 2 rings (SSSR count). The molecule has 0 amide bonds. The Bertz CT molecular complexity index is 806. The van der Waals surface area contributed by atoms with Crippen molar-refractivity contribution in [3.05, 3.63) is 33.1 Å². The van der Waals surface area contributed by atoms with Crippen molar-refractivity contribution in [1.29, 1.82) is 0 Å². The lowest BCUT2D eigenvalue weighted by Gasteiger charge is -2.11. The average Bonchev–Trinajstić information content (AvgIpc) is 2.48. The molecule has 2 aromatic rings. The maximum atomic E-state index is 12.4. The predicted octanol–water partition coefficient (Wildman–Crippen LogP) is -0.333. The van der Waals surface area contributed by atoms with Gasteiger partial charge in [-0.25, -0.2) is 14.3 Å². The van der Waals surface area contributed by atoms with Crippen molar-refractivity contribution in [2.45, 2.75) is 13.5 Å². The normalized spacial score (nSPS) is 10.6. The molecule has 0 saturated heterocycles. The molecular weight excluding hydrogens is 278 g/mol. The van der Waals surface area contributed by atoms with E-state index in [0.29, 0.717) is 5.75 Å². The summed E-state index contributed by atoms with van der Waals surface area (Å²) < 4.78 is 11.9. The summed E-state index contributed by atoms with van der Waals surface area (Å²) in [6.45, 7) is 1.37. The number of aromatic nitrogens is 3. The fourth-order valence-corrected chi connectivity index (χ4v) is 2.03. The summed E-state index contributed by atoms with van der Waals surface area (Å²) in [6, 6.07) is 1.52. The average molecular weight is 293 g/mol. The quantitative estimate of drug-likeness (QED) is 0.716. The zero-order valence-electron chi connectivity index (χ0n) is 12.0. The molecule has 0 radical (unpaired) electrons. The highest BCUT2D eigenvalue weighted by Crippen LogP contribution is 2.18. The number of methoxy groups -OCH3 is 1. The summed E-state index contributed by atoms with van der Waals surface area (Å²) in [4.78, 5) is 40.2. The second-order valence-corrected chi connectivity index (χ2v) is 4.25. The highest BCUT2D eigenvalue weighted by atomic mass is 16.5. The molecular formula is C13H15N3O5. The van der Waals surface area contributed by atoms with E-state index in [-0.39, 0.29) is 17.6 Å². The van der Waals surface area contributed by atoms with Gasteiger partial charge in [0.1, 0.15) is 17.7 Å². The molecule has 2 aromatic heterocycles. The first-order valence-electron chi connectivity index (χ1n) is 6.29. The third kappa shape index (κ3) is 2.51. The predicted molar refractivity (Wildman–Crippen MR) is 74.4 cm³/mol. The van der Waals surface area contributed by atoms with Crippen molar-refractivity contribution in [1.82, 2.24) is 14.1 Å². The van der Waals surface area contributed by atoms with Crippen LogP contribution < -0.4 is 16.0 Å². The van der Waals surface area contributed by atoms with E-state index in [1.54, 1.807) is 6.92 Å². The van der Waals surface area contributed by atoms with Gasteiger partial charge >= 0.3 is 11.7 Å². The van der Waals surface area contributed by atoms with E-state index in [1.165, 1.54) is 31.0 Å². The van der Waals surface area contributed by atoms with Crippen LogP contribution in [0.4, 0.5) is 0 Å². The minimum Gasteiger partial charge on any atom is -0.496 e. The molecule has 8 heteroatoms. The molecule has 0 aliphatic rings. The number of esters is 1. The molecule has 112 valence electrons. The SMILES string of the molecule is CCOC(=O)Cn1c(=O)c2c(OC)ccnc2n(C)c1=O. The largest absolute Gasteiger partial charge is 0.496 e. The van der Waals surface area contributed by atoms with Crippen LogP contribution in [0.15, 0.2) is 21.9 Å². The first-order valence-corrected chi connectivity index (χ1v) is 6.29. The molecule has 0 atom stereocenters. The molecule has 0 fully saturated rings. The van der Waals surface area contributed by atoms with E-state index in [1.807, 2.05) is 0 Å². The van der Waals surface area contributed by atoms with Gasteiger partial charge in [0, 0.05) is 13.2 Å². The van der Waals surface area contributed by atoms with Crippen molar-refractivity contribution in [3.8, 4) is 5.75 Å². The molecule has 2 heterocycles. The molecule has 0 aliphatic carbocycles. The van der Waals surface area contributed by atoms with Crippen LogP contribution in [0.5, 0.6) is 5.75 Å². The highest BCUT2D eigenvalue weighted by Gasteiger charge is 2.17. The van der Waals surface area contributed by atoms with Gasteiger partial charge in [-0.05, 0) is 13.0 Å². The van der Waals surface area contributed by atoms with E-state index < -0.39 is 23.8 Å². The Morgan fingerprint density at radius 1 is 1.38 bits per heavy atom. The molecule has 0 saturated carbocycles. The number of hydrogen-bond donors (Lipinski definition) is 0. The van der Waals surface area contributed by atoms with Crippen molar-refractivity contribution in [2.24, 2.45) is 7.05 Å². The Hall–Kier alpha value is -2.64. The van der Waals surface area contributed by atoms with E-state index in [2.05, 4.69) is 4.98 Å². The van der Waals surface area contributed by atoms with Gasteiger partial charge in [0.25, 0.3) is 5.56 Å². The molecule has 0 spiro atoms. The van der Waals surface area contributed by atoms with Crippen LogP contribution in [0.25, 0.3) is 11.0 Å². The summed E-state index contributed by atoms with van der Waals surface area (Å²) in [7, 11) is 2.88. The summed E-state index contributed by atoms with van der Waals surface area (Å²) in [5.41, 5.74) is -1.07. The lowest BCUT2D eigenvalue weighted by molar-refractivity contribution is -0.143. The molecule has 0 N–H and O–H groups in total. The Morgan fingerprint density at radius 2 is 2.10 bits per heavy atom. The second-order valence-electron chi connectivity index (χ2n) is 4.25. The maximum Gasteiger partial charge on any atom is 0.332 e. The number of ether oxygens (including phenoxy) is 2. The molecule has 8 nitrogen and oxygen atoms in total. The molecule has 0 aliphatic heterocycles.